The third-order valence-electron chi connectivity index (χ3n) is 2.90. The van der Waals surface area contributed by atoms with Crippen molar-refractivity contribution < 1.29 is 5.11 Å². The molecular weight excluding hydrogens is 343 g/mol. The number of aromatic hydroxyl groups is 1. The fraction of sp³-hybridized carbons (Fsp3) is 0.0625. The Morgan fingerprint density at radius 3 is 2.50 bits per heavy atom. The number of phenolic OH excluding ortho intramolecular Hbond substituents is 1. The van der Waals surface area contributed by atoms with Crippen molar-refractivity contribution in [2.75, 3.05) is 5.43 Å². The number of benzene rings is 2. The SMILES string of the molecule is C=CCc1cccc(C=NNc2c(Cl)cc(Cl)cc2Cl)c1O. The molecule has 0 aliphatic carbocycles. The molecule has 0 amide bonds. The zero-order valence-electron chi connectivity index (χ0n) is 11.5. The Bertz CT molecular complexity index is 706. The standard InChI is InChI=1S/C16H13Cl3N2O/c1-2-4-10-5-3-6-11(16(10)22)9-20-21-15-13(18)7-12(17)8-14(15)19/h2-3,5-9,21-22H,1,4H2. The van der Waals surface area contributed by atoms with E-state index < -0.39 is 0 Å². The van der Waals surface area contributed by atoms with Gasteiger partial charge in [0.1, 0.15) is 5.75 Å². The first-order valence-electron chi connectivity index (χ1n) is 6.38. The molecule has 0 aromatic heterocycles. The highest BCUT2D eigenvalue weighted by atomic mass is 35.5. The molecule has 2 N–H and O–H groups in total. The van der Waals surface area contributed by atoms with Crippen molar-refractivity contribution >= 4 is 46.7 Å². The smallest absolute Gasteiger partial charge is 0.127 e. The summed E-state index contributed by atoms with van der Waals surface area (Å²) in [6.45, 7) is 3.66. The number of hydrogen-bond acceptors (Lipinski definition) is 3. The highest BCUT2D eigenvalue weighted by Crippen LogP contribution is 2.33. The molecule has 0 saturated heterocycles. The Morgan fingerprint density at radius 1 is 1.18 bits per heavy atom. The van der Waals surface area contributed by atoms with Crippen LogP contribution < -0.4 is 5.43 Å². The van der Waals surface area contributed by atoms with Gasteiger partial charge in [0, 0.05) is 10.6 Å². The van der Waals surface area contributed by atoms with Crippen molar-refractivity contribution in [3.05, 3.63) is 69.2 Å². The molecule has 0 heterocycles. The van der Waals surface area contributed by atoms with E-state index in [-0.39, 0.29) is 5.75 Å². The second kappa shape index (κ2) is 7.54. The number of anilines is 1. The molecule has 0 atom stereocenters. The number of para-hydroxylation sites is 1. The zero-order chi connectivity index (χ0) is 16.1. The molecule has 2 rings (SSSR count). The molecule has 2 aromatic rings. The van der Waals surface area contributed by atoms with E-state index in [1.54, 1.807) is 24.3 Å². The predicted molar refractivity (Wildman–Crippen MR) is 94.7 cm³/mol. The fourth-order valence-electron chi connectivity index (χ4n) is 1.85. The summed E-state index contributed by atoms with van der Waals surface area (Å²) in [4.78, 5) is 0. The number of nitrogens with zero attached hydrogens (tertiary/aromatic N) is 1. The van der Waals surface area contributed by atoms with Crippen LogP contribution in [-0.4, -0.2) is 11.3 Å². The van der Waals surface area contributed by atoms with E-state index >= 15 is 0 Å². The van der Waals surface area contributed by atoms with E-state index in [0.717, 1.165) is 5.56 Å². The summed E-state index contributed by atoms with van der Waals surface area (Å²) >= 11 is 17.9. The Kier molecular flexibility index (Phi) is 5.72. The molecule has 0 bridgehead atoms. The second-order valence-electron chi connectivity index (χ2n) is 4.46. The van der Waals surface area contributed by atoms with Gasteiger partial charge in [-0.3, -0.25) is 5.43 Å². The molecule has 0 spiro atoms. The molecule has 2 aromatic carbocycles. The largest absolute Gasteiger partial charge is 0.507 e. The summed E-state index contributed by atoms with van der Waals surface area (Å²) in [5, 5.41) is 15.3. The van der Waals surface area contributed by atoms with Crippen LogP contribution in [0, 0.1) is 0 Å². The Labute approximate surface area is 143 Å². The summed E-state index contributed by atoms with van der Waals surface area (Å²) < 4.78 is 0. The van der Waals surface area contributed by atoms with Crippen molar-refractivity contribution in [2.24, 2.45) is 5.10 Å². The lowest BCUT2D eigenvalue weighted by molar-refractivity contribution is 0.469. The van der Waals surface area contributed by atoms with Gasteiger partial charge in [-0.15, -0.1) is 6.58 Å². The number of nitrogens with one attached hydrogen (secondary N) is 1. The molecule has 22 heavy (non-hydrogen) atoms. The van der Waals surface area contributed by atoms with E-state index in [2.05, 4.69) is 17.1 Å². The number of allylic oxidation sites excluding steroid dienone is 1. The number of rotatable bonds is 5. The average Bonchev–Trinajstić information content (AvgIpc) is 2.45. The van der Waals surface area contributed by atoms with Crippen molar-refractivity contribution in [3.8, 4) is 5.75 Å². The van der Waals surface area contributed by atoms with E-state index in [1.165, 1.54) is 6.21 Å². The minimum atomic E-state index is 0.168. The van der Waals surface area contributed by atoms with Gasteiger partial charge in [-0.2, -0.15) is 5.10 Å². The van der Waals surface area contributed by atoms with Crippen LogP contribution in [0.25, 0.3) is 0 Å². The van der Waals surface area contributed by atoms with Crippen LogP contribution in [0.15, 0.2) is 48.1 Å². The molecule has 0 unspecified atom stereocenters. The molecule has 0 aliphatic heterocycles. The van der Waals surface area contributed by atoms with E-state index in [1.807, 2.05) is 12.1 Å². The third-order valence-corrected chi connectivity index (χ3v) is 3.72. The predicted octanol–water partition coefficient (Wildman–Crippen LogP) is 5.53. The molecule has 114 valence electrons. The number of hydrogen-bond donors (Lipinski definition) is 2. The normalized spacial score (nSPS) is 10.9. The monoisotopic (exact) mass is 354 g/mol. The average molecular weight is 356 g/mol. The zero-order valence-corrected chi connectivity index (χ0v) is 13.8. The maximum absolute atomic E-state index is 10.1. The highest BCUT2D eigenvalue weighted by molar-refractivity contribution is 6.41. The van der Waals surface area contributed by atoms with Crippen LogP contribution in [0.4, 0.5) is 5.69 Å². The summed E-state index contributed by atoms with van der Waals surface area (Å²) in [6, 6.07) is 8.54. The van der Waals surface area contributed by atoms with E-state index in [9.17, 15) is 5.11 Å². The topological polar surface area (TPSA) is 44.6 Å². The van der Waals surface area contributed by atoms with Gasteiger partial charge in [0.15, 0.2) is 0 Å². The van der Waals surface area contributed by atoms with Gasteiger partial charge in [-0.05, 0) is 30.2 Å². The van der Waals surface area contributed by atoms with Gasteiger partial charge in [0.05, 0.1) is 21.9 Å². The number of halogens is 3. The molecule has 0 radical (unpaired) electrons. The summed E-state index contributed by atoms with van der Waals surface area (Å²) in [7, 11) is 0. The van der Waals surface area contributed by atoms with Crippen LogP contribution in [-0.2, 0) is 6.42 Å². The molecule has 0 aliphatic rings. The maximum atomic E-state index is 10.1. The van der Waals surface area contributed by atoms with E-state index in [0.29, 0.717) is 32.7 Å². The molecule has 6 heteroatoms. The van der Waals surface area contributed by atoms with Gasteiger partial charge >= 0.3 is 0 Å². The van der Waals surface area contributed by atoms with Gasteiger partial charge < -0.3 is 5.11 Å². The first-order valence-corrected chi connectivity index (χ1v) is 7.51. The molecule has 3 nitrogen and oxygen atoms in total. The van der Waals surface area contributed by atoms with Crippen LogP contribution in [0.3, 0.4) is 0 Å². The van der Waals surface area contributed by atoms with Crippen molar-refractivity contribution in [1.82, 2.24) is 0 Å². The van der Waals surface area contributed by atoms with Crippen LogP contribution in [0.1, 0.15) is 11.1 Å². The third kappa shape index (κ3) is 3.95. The Morgan fingerprint density at radius 2 is 1.86 bits per heavy atom. The second-order valence-corrected chi connectivity index (χ2v) is 5.71. The first-order chi connectivity index (χ1) is 10.5. The van der Waals surface area contributed by atoms with Crippen molar-refractivity contribution in [1.29, 1.82) is 0 Å². The lowest BCUT2D eigenvalue weighted by atomic mass is 10.1. The van der Waals surface area contributed by atoms with Gasteiger partial charge in [-0.25, -0.2) is 0 Å². The van der Waals surface area contributed by atoms with Crippen molar-refractivity contribution in [3.63, 3.8) is 0 Å². The summed E-state index contributed by atoms with van der Waals surface area (Å²) in [5.41, 5.74) is 4.56. The van der Waals surface area contributed by atoms with Crippen LogP contribution in [0.5, 0.6) is 5.75 Å². The van der Waals surface area contributed by atoms with Crippen LogP contribution in [0.2, 0.25) is 15.1 Å². The fourth-order valence-corrected chi connectivity index (χ4v) is 2.75. The molecule has 0 saturated carbocycles. The summed E-state index contributed by atoms with van der Waals surface area (Å²) in [6.07, 6.45) is 3.79. The minimum absolute atomic E-state index is 0.168. The first kappa shape index (κ1) is 16.7. The quantitative estimate of drug-likeness (QED) is 0.421. The maximum Gasteiger partial charge on any atom is 0.127 e. The van der Waals surface area contributed by atoms with Gasteiger partial charge in [0.25, 0.3) is 0 Å². The highest BCUT2D eigenvalue weighted by Gasteiger charge is 2.07. The lowest BCUT2D eigenvalue weighted by Crippen LogP contribution is -1.94. The Hall–Kier alpha value is -1.68. The molecule has 0 fully saturated rings. The van der Waals surface area contributed by atoms with Crippen LogP contribution >= 0.6 is 34.8 Å². The number of hydrazone groups is 1. The lowest BCUT2D eigenvalue weighted by Gasteiger charge is -2.07. The summed E-state index contributed by atoms with van der Waals surface area (Å²) in [5.74, 6) is 0.168. The Balaban J connectivity index is 2.20. The molecular formula is C16H13Cl3N2O. The van der Waals surface area contributed by atoms with E-state index in [4.69, 9.17) is 34.8 Å². The van der Waals surface area contributed by atoms with Gasteiger partial charge in [0.2, 0.25) is 0 Å². The van der Waals surface area contributed by atoms with Crippen molar-refractivity contribution in [2.45, 2.75) is 6.42 Å². The number of phenols is 1. The minimum Gasteiger partial charge on any atom is -0.507 e. The van der Waals surface area contributed by atoms with Gasteiger partial charge in [-0.1, -0.05) is 53.0 Å².